The number of benzene rings is 2. The molecule has 2 atom stereocenters. The Balaban J connectivity index is 1.48. The predicted octanol–water partition coefficient (Wildman–Crippen LogP) is 3.58. The molecular weight excluding hydrogens is 366 g/mol. The van der Waals surface area contributed by atoms with Crippen LogP contribution in [0.1, 0.15) is 41.7 Å². The van der Waals surface area contributed by atoms with Gasteiger partial charge in [-0.25, -0.2) is 9.78 Å². The molecule has 0 amide bonds. The molecule has 0 saturated heterocycles. The van der Waals surface area contributed by atoms with Gasteiger partial charge in [0.25, 0.3) is 5.56 Å². The third-order valence-electron chi connectivity index (χ3n) is 5.99. The summed E-state index contributed by atoms with van der Waals surface area (Å²) < 4.78 is 1.38. The molecule has 2 heterocycles. The molecule has 2 aromatic carbocycles. The van der Waals surface area contributed by atoms with Gasteiger partial charge in [0.2, 0.25) is 0 Å². The molecule has 6 heteroatoms. The van der Waals surface area contributed by atoms with Gasteiger partial charge >= 0.3 is 5.97 Å². The predicted molar refractivity (Wildman–Crippen MR) is 110 cm³/mol. The third-order valence-corrected chi connectivity index (χ3v) is 5.99. The molecule has 29 heavy (non-hydrogen) atoms. The van der Waals surface area contributed by atoms with E-state index in [2.05, 4.69) is 40.6 Å². The Hall–Kier alpha value is -3.41. The van der Waals surface area contributed by atoms with Gasteiger partial charge in [-0.3, -0.25) is 9.36 Å². The fraction of sp³-hybridized carbons (Fsp3) is 0.261. The van der Waals surface area contributed by atoms with Crippen molar-refractivity contribution >= 4 is 11.8 Å². The maximum Gasteiger partial charge on any atom is 0.326 e. The summed E-state index contributed by atoms with van der Waals surface area (Å²) in [7, 11) is 0. The van der Waals surface area contributed by atoms with Crippen LogP contribution in [-0.4, -0.2) is 20.6 Å². The van der Waals surface area contributed by atoms with Gasteiger partial charge in [0.05, 0.1) is 6.04 Å². The molecular formula is C23H21N3O3. The van der Waals surface area contributed by atoms with E-state index in [-0.39, 0.29) is 17.4 Å². The first-order valence-corrected chi connectivity index (χ1v) is 9.90. The maximum absolute atomic E-state index is 12.9. The van der Waals surface area contributed by atoms with Crippen LogP contribution < -0.4 is 10.9 Å². The Morgan fingerprint density at radius 2 is 1.90 bits per heavy atom. The largest absolute Gasteiger partial charge is 0.480 e. The van der Waals surface area contributed by atoms with Crippen molar-refractivity contribution in [3.05, 3.63) is 81.9 Å². The van der Waals surface area contributed by atoms with Crippen molar-refractivity contribution in [2.45, 2.75) is 37.8 Å². The highest BCUT2D eigenvalue weighted by molar-refractivity contribution is 5.72. The summed E-state index contributed by atoms with van der Waals surface area (Å²) in [5.41, 5.74) is 5.08. The van der Waals surface area contributed by atoms with Crippen molar-refractivity contribution in [1.82, 2.24) is 9.55 Å². The molecule has 146 valence electrons. The molecule has 1 aliphatic heterocycles. The Morgan fingerprint density at radius 1 is 1.07 bits per heavy atom. The van der Waals surface area contributed by atoms with Gasteiger partial charge in [-0.05, 0) is 54.0 Å². The summed E-state index contributed by atoms with van der Waals surface area (Å²) in [4.78, 5) is 28.8. The lowest BCUT2D eigenvalue weighted by Gasteiger charge is -2.17. The SMILES string of the molecule is O=C(O)[C@@H]1CCc2cnc(N[C@H]3CCc4ccc(-c5ccccc5)cc43)c(=O)n21. The minimum absolute atomic E-state index is 0.0165. The number of aromatic nitrogens is 2. The second-order valence-corrected chi connectivity index (χ2v) is 7.68. The molecule has 0 saturated carbocycles. The molecule has 0 unspecified atom stereocenters. The molecule has 6 nitrogen and oxygen atoms in total. The van der Waals surface area contributed by atoms with Gasteiger partial charge in [-0.15, -0.1) is 0 Å². The van der Waals surface area contributed by atoms with E-state index in [4.69, 9.17) is 0 Å². The summed E-state index contributed by atoms with van der Waals surface area (Å²) in [5, 5.41) is 12.7. The molecule has 2 aliphatic rings. The maximum atomic E-state index is 12.9. The lowest BCUT2D eigenvalue weighted by Crippen LogP contribution is -2.31. The van der Waals surface area contributed by atoms with Gasteiger partial charge in [-0.1, -0.05) is 42.5 Å². The zero-order valence-corrected chi connectivity index (χ0v) is 15.8. The molecule has 0 fully saturated rings. The minimum Gasteiger partial charge on any atom is -0.480 e. The number of hydrogen-bond donors (Lipinski definition) is 2. The lowest BCUT2D eigenvalue weighted by molar-refractivity contribution is -0.140. The molecule has 0 bridgehead atoms. The highest BCUT2D eigenvalue weighted by Gasteiger charge is 2.31. The number of aliphatic carboxylic acids is 1. The monoisotopic (exact) mass is 387 g/mol. The van der Waals surface area contributed by atoms with E-state index in [1.165, 1.54) is 15.7 Å². The average molecular weight is 387 g/mol. The first-order valence-electron chi connectivity index (χ1n) is 9.90. The van der Waals surface area contributed by atoms with Crippen molar-refractivity contribution in [3.63, 3.8) is 0 Å². The summed E-state index contributed by atoms with van der Waals surface area (Å²) in [6.07, 6.45) is 4.43. The number of nitrogens with zero attached hydrogens (tertiary/aromatic N) is 2. The van der Waals surface area contributed by atoms with Crippen molar-refractivity contribution < 1.29 is 9.90 Å². The molecule has 1 aliphatic carbocycles. The highest BCUT2D eigenvalue weighted by atomic mass is 16.4. The summed E-state index contributed by atoms with van der Waals surface area (Å²) in [6, 6.07) is 15.9. The second kappa shape index (κ2) is 6.88. The van der Waals surface area contributed by atoms with Crippen molar-refractivity contribution in [2.24, 2.45) is 0 Å². The van der Waals surface area contributed by atoms with E-state index >= 15 is 0 Å². The van der Waals surface area contributed by atoms with Crippen LogP contribution in [-0.2, 0) is 17.6 Å². The number of anilines is 1. The van der Waals surface area contributed by atoms with Crippen LogP contribution in [0, 0.1) is 0 Å². The Kier molecular flexibility index (Phi) is 4.19. The minimum atomic E-state index is -0.971. The quantitative estimate of drug-likeness (QED) is 0.715. The summed E-state index contributed by atoms with van der Waals surface area (Å²) in [5.74, 6) is -0.744. The normalized spacial score (nSPS) is 19.6. The number of hydrogen-bond acceptors (Lipinski definition) is 4. The van der Waals surface area contributed by atoms with E-state index in [1.807, 2.05) is 18.2 Å². The molecule has 5 rings (SSSR count). The van der Waals surface area contributed by atoms with E-state index in [1.54, 1.807) is 6.20 Å². The number of nitrogens with one attached hydrogen (secondary N) is 1. The van der Waals surface area contributed by atoms with Crippen molar-refractivity contribution in [1.29, 1.82) is 0 Å². The van der Waals surface area contributed by atoms with Crippen molar-refractivity contribution in [2.75, 3.05) is 5.32 Å². The Bertz CT molecular complexity index is 1150. The van der Waals surface area contributed by atoms with E-state index in [0.29, 0.717) is 18.5 Å². The van der Waals surface area contributed by atoms with Crippen LogP contribution in [0.2, 0.25) is 0 Å². The standard InChI is InChI=1S/C23H21N3O3/c27-22-21(24-13-17-9-11-20(23(28)29)26(17)22)25-19-10-8-15-6-7-16(12-18(15)19)14-4-2-1-3-5-14/h1-7,12-13,19-20H,8-11H2,(H,24,25)(H,28,29)/t19-,20-/m0/s1. The zero-order valence-electron chi connectivity index (χ0n) is 15.8. The van der Waals surface area contributed by atoms with E-state index in [0.717, 1.165) is 24.0 Å². The van der Waals surface area contributed by atoms with Crippen LogP contribution in [0.15, 0.2) is 59.5 Å². The van der Waals surface area contributed by atoms with Gasteiger partial charge < -0.3 is 10.4 Å². The van der Waals surface area contributed by atoms with E-state index < -0.39 is 12.0 Å². The number of carbonyl (C=O) groups is 1. The lowest BCUT2D eigenvalue weighted by atomic mass is 9.99. The molecule has 2 N–H and O–H groups in total. The fourth-order valence-corrected chi connectivity index (χ4v) is 4.50. The van der Waals surface area contributed by atoms with Gasteiger partial charge in [-0.2, -0.15) is 0 Å². The average Bonchev–Trinajstić information content (AvgIpc) is 3.35. The van der Waals surface area contributed by atoms with Gasteiger partial charge in [0.15, 0.2) is 5.82 Å². The topological polar surface area (TPSA) is 84.2 Å². The Morgan fingerprint density at radius 3 is 2.69 bits per heavy atom. The van der Waals surface area contributed by atoms with Crippen LogP contribution in [0.4, 0.5) is 5.82 Å². The zero-order chi connectivity index (χ0) is 20.0. The highest BCUT2D eigenvalue weighted by Crippen LogP contribution is 2.36. The van der Waals surface area contributed by atoms with Gasteiger partial charge in [0, 0.05) is 11.9 Å². The Labute approximate surface area is 167 Å². The van der Waals surface area contributed by atoms with Crippen LogP contribution in [0.3, 0.4) is 0 Å². The van der Waals surface area contributed by atoms with Crippen molar-refractivity contribution in [3.8, 4) is 11.1 Å². The summed E-state index contributed by atoms with van der Waals surface area (Å²) >= 11 is 0. The number of aryl methyl sites for hydroxylation is 2. The molecule has 1 aromatic heterocycles. The number of rotatable bonds is 4. The molecule has 0 spiro atoms. The van der Waals surface area contributed by atoms with Gasteiger partial charge in [0.1, 0.15) is 6.04 Å². The summed E-state index contributed by atoms with van der Waals surface area (Å²) in [6.45, 7) is 0. The number of carboxylic acids is 1. The fourth-order valence-electron chi connectivity index (χ4n) is 4.50. The third kappa shape index (κ3) is 3.01. The second-order valence-electron chi connectivity index (χ2n) is 7.68. The number of fused-ring (bicyclic) bond motifs is 2. The van der Waals surface area contributed by atoms with Crippen LogP contribution >= 0.6 is 0 Å². The molecule has 3 aromatic rings. The van der Waals surface area contributed by atoms with Crippen LogP contribution in [0.5, 0.6) is 0 Å². The first kappa shape index (κ1) is 17.7. The number of carboxylic acid groups (broad SMARTS) is 1. The molecule has 0 radical (unpaired) electrons. The first-order chi connectivity index (χ1) is 14.1. The smallest absolute Gasteiger partial charge is 0.326 e. The van der Waals surface area contributed by atoms with E-state index in [9.17, 15) is 14.7 Å². The van der Waals surface area contributed by atoms with Crippen LogP contribution in [0.25, 0.3) is 11.1 Å².